The molecule has 1 aromatic carbocycles. The van der Waals surface area contributed by atoms with E-state index in [0.717, 1.165) is 4.47 Å². The number of halogens is 1. The van der Waals surface area contributed by atoms with Crippen LogP contribution in [0.25, 0.3) is 0 Å². The molecule has 0 saturated heterocycles. The summed E-state index contributed by atoms with van der Waals surface area (Å²) in [5.74, 6) is 0.182. The van der Waals surface area contributed by atoms with Crippen molar-refractivity contribution < 1.29 is 24.2 Å². The number of hydrogen-bond acceptors (Lipinski definition) is 5. The fourth-order valence-corrected chi connectivity index (χ4v) is 1.83. The first-order valence-electron chi connectivity index (χ1n) is 4.63. The van der Waals surface area contributed by atoms with Crippen LogP contribution < -0.4 is 9.47 Å². The van der Waals surface area contributed by atoms with Gasteiger partial charge in [-0.2, -0.15) is 0 Å². The van der Waals surface area contributed by atoms with Crippen LogP contribution in [-0.2, 0) is 9.63 Å². The second-order valence-corrected chi connectivity index (χ2v) is 3.99. The van der Waals surface area contributed by atoms with Crippen molar-refractivity contribution in [1.82, 2.24) is 0 Å². The molecular weight excluding hydrogens is 294 g/mol. The minimum atomic E-state index is -1.07. The summed E-state index contributed by atoms with van der Waals surface area (Å²) in [4.78, 5) is 14.7. The molecule has 1 aliphatic heterocycles. The van der Waals surface area contributed by atoms with Crippen LogP contribution in [0.4, 0.5) is 0 Å². The van der Waals surface area contributed by atoms with Gasteiger partial charge < -0.3 is 19.4 Å². The fourth-order valence-electron chi connectivity index (χ4n) is 1.25. The molecule has 0 unspecified atom stereocenters. The van der Waals surface area contributed by atoms with Crippen LogP contribution in [0, 0.1) is 0 Å². The smallest absolute Gasteiger partial charge is 0.344 e. The minimum Gasteiger partial charge on any atom is -0.479 e. The first-order valence-corrected chi connectivity index (χ1v) is 5.42. The number of benzene rings is 1. The second kappa shape index (κ2) is 5.05. The van der Waals surface area contributed by atoms with Crippen molar-refractivity contribution in [3.63, 3.8) is 0 Å². The zero-order valence-corrected chi connectivity index (χ0v) is 10.1. The molecular formula is C10H8BrNO5. The molecule has 1 heterocycles. The summed E-state index contributed by atoms with van der Waals surface area (Å²) in [7, 11) is 0. The van der Waals surface area contributed by atoms with E-state index in [9.17, 15) is 4.79 Å². The lowest BCUT2D eigenvalue weighted by molar-refractivity contribution is -0.142. The molecule has 0 aliphatic carbocycles. The van der Waals surface area contributed by atoms with Gasteiger partial charge in [0.1, 0.15) is 0 Å². The van der Waals surface area contributed by atoms with E-state index in [0.29, 0.717) is 17.1 Å². The Morgan fingerprint density at radius 2 is 2.41 bits per heavy atom. The van der Waals surface area contributed by atoms with Gasteiger partial charge in [0.25, 0.3) is 0 Å². The van der Waals surface area contributed by atoms with E-state index in [-0.39, 0.29) is 6.79 Å². The highest BCUT2D eigenvalue weighted by Crippen LogP contribution is 2.39. The van der Waals surface area contributed by atoms with Crippen LogP contribution >= 0.6 is 15.9 Å². The number of oxime groups is 1. The fraction of sp³-hybridized carbons (Fsp3) is 0.200. The molecule has 0 atom stereocenters. The van der Waals surface area contributed by atoms with Crippen molar-refractivity contribution in [2.75, 3.05) is 13.4 Å². The summed E-state index contributed by atoms with van der Waals surface area (Å²) >= 11 is 3.33. The van der Waals surface area contributed by atoms with E-state index in [1.54, 1.807) is 12.1 Å². The molecule has 2 rings (SSSR count). The number of carboxylic acid groups (broad SMARTS) is 1. The molecule has 0 radical (unpaired) electrons. The normalized spacial score (nSPS) is 13.0. The average Bonchev–Trinajstić information content (AvgIpc) is 2.72. The van der Waals surface area contributed by atoms with Crippen LogP contribution in [0.2, 0.25) is 0 Å². The molecule has 0 spiro atoms. The SMILES string of the molecule is O=C(O)CON=Cc1cc(Br)c2c(c1)OCO2. The lowest BCUT2D eigenvalue weighted by Crippen LogP contribution is -2.03. The third-order valence-electron chi connectivity index (χ3n) is 1.91. The molecule has 1 N–H and O–H groups in total. The maximum Gasteiger partial charge on any atom is 0.344 e. The van der Waals surface area contributed by atoms with Crippen LogP contribution in [0.3, 0.4) is 0 Å². The first-order chi connectivity index (χ1) is 8.16. The number of hydrogen-bond donors (Lipinski definition) is 1. The Hall–Kier alpha value is -1.76. The van der Waals surface area contributed by atoms with Gasteiger partial charge in [0.15, 0.2) is 11.5 Å². The van der Waals surface area contributed by atoms with Crippen molar-refractivity contribution in [1.29, 1.82) is 0 Å². The number of carboxylic acids is 1. The molecule has 1 aromatic rings. The summed E-state index contributed by atoms with van der Waals surface area (Å²) in [6.07, 6.45) is 1.40. The molecule has 7 heteroatoms. The van der Waals surface area contributed by atoms with Gasteiger partial charge in [-0.1, -0.05) is 5.16 Å². The van der Waals surface area contributed by atoms with Gasteiger partial charge in [0, 0.05) is 5.56 Å². The monoisotopic (exact) mass is 301 g/mol. The molecule has 90 valence electrons. The van der Waals surface area contributed by atoms with Crippen LogP contribution in [0.1, 0.15) is 5.56 Å². The zero-order valence-electron chi connectivity index (χ0n) is 8.55. The van der Waals surface area contributed by atoms with Crippen LogP contribution in [-0.4, -0.2) is 30.7 Å². The Bertz CT molecular complexity index is 474. The van der Waals surface area contributed by atoms with Gasteiger partial charge in [0.2, 0.25) is 13.4 Å². The van der Waals surface area contributed by atoms with Crippen molar-refractivity contribution in [3.05, 3.63) is 22.2 Å². The molecule has 0 fully saturated rings. The van der Waals surface area contributed by atoms with Crippen molar-refractivity contribution in [2.45, 2.75) is 0 Å². The van der Waals surface area contributed by atoms with E-state index in [1.807, 2.05) is 0 Å². The van der Waals surface area contributed by atoms with Crippen molar-refractivity contribution >= 4 is 28.1 Å². The predicted octanol–water partition coefficient (Wildman–Crippen LogP) is 1.61. The standard InChI is InChI=1S/C10H8BrNO5/c11-7-1-6(3-12-17-4-9(13)14)2-8-10(7)16-5-15-8/h1-3H,4-5H2,(H,13,14). The number of rotatable bonds is 4. The van der Waals surface area contributed by atoms with Gasteiger partial charge in [-0.05, 0) is 28.1 Å². The van der Waals surface area contributed by atoms with E-state index in [2.05, 4.69) is 25.9 Å². The van der Waals surface area contributed by atoms with Crippen molar-refractivity contribution in [3.8, 4) is 11.5 Å². The van der Waals surface area contributed by atoms with E-state index < -0.39 is 12.6 Å². The summed E-state index contributed by atoms with van der Waals surface area (Å²) in [5, 5.41) is 11.9. The highest BCUT2D eigenvalue weighted by Gasteiger charge is 2.17. The topological polar surface area (TPSA) is 77.4 Å². The minimum absolute atomic E-state index is 0.185. The second-order valence-electron chi connectivity index (χ2n) is 3.14. The van der Waals surface area contributed by atoms with Gasteiger partial charge in [0.05, 0.1) is 10.7 Å². The maximum atomic E-state index is 10.2. The molecule has 0 amide bonds. The summed E-state index contributed by atoms with van der Waals surface area (Å²) < 4.78 is 11.2. The highest BCUT2D eigenvalue weighted by atomic mass is 79.9. The van der Waals surface area contributed by atoms with Gasteiger partial charge in [-0.25, -0.2) is 4.79 Å². The number of fused-ring (bicyclic) bond motifs is 1. The zero-order chi connectivity index (χ0) is 12.3. The van der Waals surface area contributed by atoms with Crippen molar-refractivity contribution in [2.24, 2.45) is 5.16 Å². The Balaban J connectivity index is 2.07. The highest BCUT2D eigenvalue weighted by molar-refractivity contribution is 9.10. The Morgan fingerprint density at radius 3 is 3.18 bits per heavy atom. The van der Waals surface area contributed by atoms with Crippen LogP contribution in [0.15, 0.2) is 21.8 Å². The first kappa shape index (κ1) is 11.7. The number of aliphatic carboxylic acids is 1. The molecule has 0 saturated carbocycles. The molecule has 1 aliphatic rings. The number of carbonyl (C=O) groups is 1. The van der Waals surface area contributed by atoms with E-state index >= 15 is 0 Å². The molecule has 0 aromatic heterocycles. The molecule has 17 heavy (non-hydrogen) atoms. The summed E-state index contributed by atoms with van der Waals surface area (Å²) in [5.41, 5.74) is 0.714. The third kappa shape index (κ3) is 2.88. The summed E-state index contributed by atoms with van der Waals surface area (Å²) in [6, 6.07) is 3.49. The largest absolute Gasteiger partial charge is 0.479 e. The van der Waals surface area contributed by atoms with Gasteiger partial charge >= 0.3 is 5.97 Å². The number of nitrogens with zero attached hydrogens (tertiary/aromatic N) is 1. The Labute approximate surface area is 105 Å². The van der Waals surface area contributed by atoms with Crippen LogP contribution in [0.5, 0.6) is 11.5 Å². The lowest BCUT2D eigenvalue weighted by atomic mass is 10.2. The quantitative estimate of drug-likeness (QED) is 0.675. The number of ether oxygens (including phenoxy) is 2. The summed E-state index contributed by atoms with van der Waals surface area (Å²) in [6.45, 7) is -0.285. The Kier molecular flexibility index (Phi) is 3.48. The molecule has 0 bridgehead atoms. The van der Waals surface area contributed by atoms with E-state index in [4.69, 9.17) is 14.6 Å². The predicted molar refractivity (Wildman–Crippen MR) is 61.4 cm³/mol. The van der Waals surface area contributed by atoms with E-state index in [1.165, 1.54) is 6.21 Å². The van der Waals surface area contributed by atoms with Gasteiger partial charge in [-0.3, -0.25) is 0 Å². The Morgan fingerprint density at radius 1 is 1.59 bits per heavy atom. The molecule has 6 nitrogen and oxygen atoms in total. The average molecular weight is 302 g/mol. The lowest BCUT2D eigenvalue weighted by Gasteiger charge is -2.00. The third-order valence-corrected chi connectivity index (χ3v) is 2.50. The van der Waals surface area contributed by atoms with Gasteiger partial charge in [-0.15, -0.1) is 0 Å². The maximum absolute atomic E-state index is 10.2.